The number of hydrogen-bond acceptors (Lipinski definition) is 5. The van der Waals surface area contributed by atoms with Crippen molar-refractivity contribution in [2.24, 2.45) is 5.92 Å². The van der Waals surface area contributed by atoms with E-state index in [1.165, 1.54) is 4.68 Å². The largest absolute Gasteiger partial charge is 0.381 e. The van der Waals surface area contributed by atoms with Crippen molar-refractivity contribution in [2.75, 3.05) is 26.3 Å². The highest BCUT2D eigenvalue weighted by molar-refractivity contribution is 6.18. The van der Waals surface area contributed by atoms with Gasteiger partial charge in [-0.1, -0.05) is 30.3 Å². The van der Waals surface area contributed by atoms with Gasteiger partial charge in [-0.05, 0) is 42.3 Å². The van der Waals surface area contributed by atoms with Crippen LogP contribution in [0.1, 0.15) is 24.7 Å². The summed E-state index contributed by atoms with van der Waals surface area (Å²) in [4.78, 5) is 15.1. The number of rotatable bonds is 6. The lowest BCUT2D eigenvalue weighted by molar-refractivity contribution is -0.125. The summed E-state index contributed by atoms with van der Waals surface area (Å²) in [5, 5.41) is 11.6. The maximum Gasteiger partial charge on any atom is 0.272 e. The Labute approximate surface area is 147 Å². The van der Waals surface area contributed by atoms with Crippen LogP contribution in [0.2, 0.25) is 0 Å². The third-order valence-electron chi connectivity index (χ3n) is 4.35. The monoisotopic (exact) mass is 341 g/mol. The Kier molecular flexibility index (Phi) is 5.55. The number of aromatic nitrogens is 4. The molecule has 1 atom stereocenters. The molecule has 7 heteroatoms. The average molecular weight is 341 g/mol. The van der Waals surface area contributed by atoms with Gasteiger partial charge in [0.25, 0.3) is 5.91 Å². The van der Waals surface area contributed by atoms with E-state index in [-0.39, 0.29) is 5.91 Å². The minimum absolute atomic E-state index is 0.0753. The van der Waals surface area contributed by atoms with E-state index in [4.69, 9.17) is 4.74 Å². The summed E-state index contributed by atoms with van der Waals surface area (Å²) in [6.07, 6.45) is 2.82. The summed E-state index contributed by atoms with van der Waals surface area (Å²) < 4.78 is 6.94. The molecule has 1 amide bonds. The number of likely N-dealkylation sites (N-methyl/N-ethyl adjacent to an activating group) is 1. The van der Waals surface area contributed by atoms with Gasteiger partial charge in [-0.3, -0.25) is 4.79 Å². The SMILES string of the molecule is CCN(C[C@H]1CCOC1)C(=O)/C(=C/c1ccccc1)n1nnnc1C. The predicted octanol–water partition coefficient (Wildman–Crippen LogP) is 1.86. The molecule has 1 aromatic carbocycles. The normalized spacial score (nSPS) is 17.7. The zero-order chi connectivity index (χ0) is 17.6. The van der Waals surface area contributed by atoms with Gasteiger partial charge >= 0.3 is 0 Å². The van der Waals surface area contributed by atoms with Crippen LogP contribution in [-0.2, 0) is 9.53 Å². The summed E-state index contributed by atoms with van der Waals surface area (Å²) in [5.41, 5.74) is 1.38. The molecule has 0 spiro atoms. The minimum Gasteiger partial charge on any atom is -0.381 e. The molecule has 0 bridgehead atoms. The highest BCUT2D eigenvalue weighted by Crippen LogP contribution is 2.19. The van der Waals surface area contributed by atoms with Crippen molar-refractivity contribution >= 4 is 17.7 Å². The molecule has 132 valence electrons. The van der Waals surface area contributed by atoms with Crippen LogP contribution in [0.25, 0.3) is 11.8 Å². The highest BCUT2D eigenvalue weighted by Gasteiger charge is 2.25. The van der Waals surface area contributed by atoms with Crippen molar-refractivity contribution in [3.05, 3.63) is 41.7 Å². The molecule has 0 N–H and O–H groups in total. The molecule has 2 aromatic rings. The van der Waals surface area contributed by atoms with Crippen molar-refractivity contribution in [3.8, 4) is 0 Å². The highest BCUT2D eigenvalue weighted by atomic mass is 16.5. The van der Waals surface area contributed by atoms with E-state index in [0.717, 1.165) is 18.6 Å². The molecule has 1 saturated heterocycles. The number of nitrogens with zero attached hydrogens (tertiary/aromatic N) is 5. The fraction of sp³-hybridized carbons (Fsp3) is 0.444. The van der Waals surface area contributed by atoms with E-state index in [1.807, 2.05) is 48.2 Å². The molecule has 1 aliphatic heterocycles. The molecule has 0 radical (unpaired) electrons. The van der Waals surface area contributed by atoms with Crippen molar-refractivity contribution in [1.29, 1.82) is 0 Å². The average Bonchev–Trinajstić information content (AvgIpc) is 3.29. The molecule has 1 aromatic heterocycles. The predicted molar refractivity (Wildman–Crippen MR) is 94.3 cm³/mol. The smallest absolute Gasteiger partial charge is 0.272 e. The van der Waals surface area contributed by atoms with Gasteiger partial charge in [0, 0.05) is 25.6 Å². The molecule has 1 aliphatic rings. The number of amides is 1. The van der Waals surface area contributed by atoms with Gasteiger partial charge < -0.3 is 9.64 Å². The number of carbonyl (C=O) groups excluding carboxylic acids is 1. The number of ether oxygens (including phenoxy) is 1. The summed E-state index contributed by atoms with van der Waals surface area (Å²) in [6.45, 7) is 6.57. The van der Waals surface area contributed by atoms with Crippen molar-refractivity contribution in [2.45, 2.75) is 20.3 Å². The number of hydrogen-bond donors (Lipinski definition) is 0. The van der Waals surface area contributed by atoms with Crippen LogP contribution in [0.3, 0.4) is 0 Å². The fourth-order valence-corrected chi connectivity index (χ4v) is 2.93. The Morgan fingerprint density at radius 1 is 1.40 bits per heavy atom. The van der Waals surface area contributed by atoms with Crippen molar-refractivity contribution in [3.63, 3.8) is 0 Å². The van der Waals surface area contributed by atoms with Gasteiger partial charge in [0.2, 0.25) is 0 Å². The van der Waals surface area contributed by atoms with Crippen LogP contribution in [0.4, 0.5) is 0 Å². The van der Waals surface area contributed by atoms with Gasteiger partial charge in [0.15, 0.2) is 5.82 Å². The molecule has 0 unspecified atom stereocenters. The van der Waals surface area contributed by atoms with Gasteiger partial charge in [-0.2, -0.15) is 4.68 Å². The molecule has 0 aliphatic carbocycles. The number of benzene rings is 1. The number of carbonyl (C=O) groups is 1. The molecule has 25 heavy (non-hydrogen) atoms. The van der Waals surface area contributed by atoms with Crippen LogP contribution in [0, 0.1) is 12.8 Å². The second-order valence-electron chi connectivity index (χ2n) is 6.15. The standard InChI is InChI=1S/C18H23N5O2/c1-3-22(12-16-9-10-25-13-16)18(24)17(23-14(2)19-20-21-23)11-15-7-5-4-6-8-15/h4-8,11,16H,3,9-10,12-13H2,1-2H3/b17-11-/t16-/m1/s1. The van der Waals surface area contributed by atoms with E-state index in [2.05, 4.69) is 15.5 Å². The van der Waals surface area contributed by atoms with E-state index in [0.29, 0.717) is 37.1 Å². The molecule has 3 rings (SSSR count). The Hall–Kier alpha value is -2.54. The maximum atomic E-state index is 13.2. The lowest BCUT2D eigenvalue weighted by atomic mass is 10.1. The van der Waals surface area contributed by atoms with Crippen molar-refractivity contribution < 1.29 is 9.53 Å². The van der Waals surface area contributed by atoms with Crippen LogP contribution in [0.15, 0.2) is 30.3 Å². The topological polar surface area (TPSA) is 73.1 Å². The summed E-state index contributed by atoms with van der Waals surface area (Å²) in [7, 11) is 0. The quantitative estimate of drug-likeness (QED) is 0.750. The van der Waals surface area contributed by atoms with Crippen LogP contribution in [-0.4, -0.2) is 57.3 Å². The zero-order valence-corrected chi connectivity index (χ0v) is 14.6. The minimum atomic E-state index is -0.0753. The van der Waals surface area contributed by atoms with Crippen LogP contribution < -0.4 is 0 Å². The molecule has 1 fully saturated rings. The Balaban J connectivity index is 1.91. The van der Waals surface area contributed by atoms with Gasteiger partial charge in [-0.25, -0.2) is 0 Å². The maximum absolute atomic E-state index is 13.2. The summed E-state index contributed by atoms with van der Waals surface area (Å²) >= 11 is 0. The van der Waals surface area contributed by atoms with E-state index >= 15 is 0 Å². The van der Waals surface area contributed by atoms with Crippen molar-refractivity contribution in [1.82, 2.24) is 25.1 Å². The summed E-state index contributed by atoms with van der Waals surface area (Å²) in [6, 6.07) is 9.73. The third-order valence-corrected chi connectivity index (χ3v) is 4.35. The molecule has 2 heterocycles. The first-order valence-electron chi connectivity index (χ1n) is 8.58. The lowest BCUT2D eigenvalue weighted by Crippen LogP contribution is -2.37. The second-order valence-corrected chi connectivity index (χ2v) is 6.15. The molecular formula is C18H23N5O2. The zero-order valence-electron chi connectivity index (χ0n) is 14.6. The Morgan fingerprint density at radius 3 is 2.80 bits per heavy atom. The van der Waals surface area contributed by atoms with Gasteiger partial charge in [-0.15, -0.1) is 5.10 Å². The second kappa shape index (κ2) is 8.02. The van der Waals surface area contributed by atoms with E-state index in [1.54, 1.807) is 6.92 Å². The number of aryl methyl sites for hydroxylation is 1. The summed E-state index contributed by atoms with van der Waals surface area (Å²) in [5.74, 6) is 0.890. The Bertz CT molecular complexity index is 735. The fourth-order valence-electron chi connectivity index (χ4n) is 2.93. The molecule has 7 nitrogen and oxygen atoms in total. The Morgan fingerprint density at radius 2 is 2.20 bits per heavy atom. The number of tetrazole rings is 1. The first-order valence-corrected chi connectivity index (χ1v) is 8.58. The molecule has 0 saturated carbocycles. The van der Waals surface area contributed by atoms with E-state index < -0.39 is 0 Å². The molecular weight excluding hydrogens is 318 g/mol. The van der Waals surface area contributed by atoms with Crippen LogP contribution >= 0.6 is 0 Å². The van der Waals surface area contributed by atoms with Crippen LogP contribution in [0.5, 0.6) is 0 Å². The third kappa shape index (κ3) is 4.11. The van der Waals surface area contributed by atoms with Gasteiger partial charge in [0.05, 0.1) is 6.61 Å². The first-order chi connectivity index (χ1) is 12.2. The van der Waals surface area contributed by atoms with E-state index in [9.17, 15) is 4.79 Å². The lowest BCUT2D eigenvalue weighted by Gasteiger charge is -2.25. The first kappa shape index (κ1) is 17.3. The van der Waals surface area contributed by atoms with Gasteiger partial charge in [0.1, 0.15) is 5.70 Å².